The number of carbonyl (C=O) groups excluding carboxylic acids is 1. The molecule has 3 aromatic carbocycles. The highest BCUT2D eigenvalue weighted by Gasteiger charge is 2.34. The Bertz CT molecular complexity index is 1320. The van der Waals surface area contributed by atoms with E-state index in [2.05, 4.69) is 5.32 Å². The van der Waals surface area contributed by atoms with Gasteiger partial charge in [-0.15, -0.1) is 0 Å². The number of benzene rings is 3. The number of sulfone groups is 1. The molecule has 0 aliphatic rings. The summed E-state index contributed by atoms with van der Waals surface area (Å²) in [6.45, 7) is 0. The van der Waals surface area contributed by atoms with Gasteiger partial charge in [-0.1, -0.05) is 30.3 Å². The van der Waals surface area contributed by atoms with Gasteiger partial charge < -0.3 is 5.32 Å². The minimum atomic E-state index is -4.82. The Morgan fingerprint density at radius 2 is 1.65 bits per heavy atom. The molecule has 176 valence electrons. The number of rotatable bonds is 7. The zero-order valence-electron chi connectivity index (χ0n) is 17.5. The van der Waals surface area contributed by atoms with E-state index in [0.717, 1.165) is 36.4 Å². The Morgan fingerprint density at radius 3 is 2.24 bits per heavy atom. The van der Waals surface area contributed by atoms with Crippen LogP contribution in [0.25, 0.3) is 0 Å². The first kappa shape index (κ1) is 24.9. The van der Waals surface area contributed by atoms with Crippen LogP contribution in [0.3, 0.4) is 0 Å². The molecule has 0 aliphatic carbocycles. The number of amides is 1. The SMILES string of the molecule is N#Cc1ccc(NC(=O)[C@H](Cc2ccccc2)CS(=O)(=O)c2ccc(F)cc2)cc1C(F)(F)F. The molecule has 0 saturated carbocycles. The summed E-state index contributed by atoms with van der Waals surface area (Å²) < 4.78 is 78.8. The highest BCUT2D eigenvalue weighted by atomic mass is 32.2. The highest BCUT2D eigenvalue weighted by molar-refractivity contribution is 7.91. The standard InChI is InChI=1S/C24H18F4N2O3S/c25-19-7-10-21(11-8-19)34(32,33)15-18(12-16-4-2-1-3-5-16)23(31)30-20-9-6-17(14-29)22(13-20)24(26,27)28/h1-11,13,18H,12,15H2,(H,30,31)/t18-/m1/s1. The molecular formula is C24H18F4N2O3S. The van der Waals surface area contributed by atoms with Gasteiger partial charge >= 0.3 is 6.18 Å². The summed E-state index contributed by atoms with van der Waals surface area (Å²) in [6, 6.07) is 16.8. The smallest absolute Gasteiger partial charge is 0.326 e. The molecule has 0 saturated heterocycles. The van der Waals surface area contributed by atoms with Crippen molar-refractivity contribution < 1.29 is 30.8 Å². The normalized spacial score (nSPS) is 12.6. The number of hydrogen-bond donors (Lipinski definition) is 1. The fourth-order valence-corrected chi connectivity index (χ4v) is 4.87. The van der Waals surface area contributed by atoms with Gasteiger partial charge in [-0.05, 0) is 54.4 Å². The first-order valence-electron chi connectivity index (χ1n) is 9.94. The van der Waals surface area contributed by atoms with Crippen LogP contribution in [0.4, 0.5) is 23.2 Å². The van der Waals surface area contributed by atoms with Crippen LogP contribution in [0.1, 0.15) is 16.7 Å². The van der Waals surface area contributed by atoms with Crippen LogP contribution >= 0.6 is 0 Å². The number of carbonyl (C=O) groups is 1. The number of alkyl halides is 3. The number of nitrogens with zero attached hydrogens (tertiary/aromatic N) is 1. The Labute approximate surface area is 193 Å². The van der Waals surface area contributed by atoms with Crippen molar-refractivity contribution in [3.63, 3.8) is 0 Å². The third-order valence-electron chi connectivity index (χ3n) is 5.00. The van der Waals surface area contributed by atoms with Crippen molar-refractivity contribution in [3.05, 3.63) is 95.3 Å². The molecule has 0 aliphatic heterocycles. The van der Waals surface area contributed by atoms with Gasteiger partial charge in [-0.3, -0.25) is 4.79 Å². The zero-order valence-corrected chi connectivity index (χ0v) is 18.3. The minimum absolute atomic E-state index is 0.00446. The van der Waals surface area contributed by atoms with Crippen LogP contribution in [-0.2, 0) is 27.2 Å². The van der Waals surface area contributed by atoms with Crippen LogP contribution in [0.15, 0.2) is 77.7 Å². The molecule has 1 amide bonds. The van der Waals surface area contributed by atoms with Gasteiger partial charge in [0.15, 0.2) is 9.84 Å². The molecule has 0 unspecified atom stereocenters. The molecule has 5 nitrogen and oxygen atoms in total. The predicted octanol–water partition coefficient (Wildman–Crippen LogP) is 4.99. The second-order valence-corrected chi connectivity index (χ2v) is 9.52. The predicted molar refractivity (Wildman–Crippen MR) is 117 cm³/mol. The maximum absolute atomic E-state index is 13.3. The molecule has 0 spiro atoms. The number of hydrogen-bond acceptors (Lipinski definition) is 4. The summed E-state index contributed by atoms with van der Waals surface area (Å²) in [4.78, 5) is 12.8. The van der Waals surface area contributed by atoms with Crippen molar-refractivity contribution in [1.29, 1.82) is 5.26 Å². The lowest BCUT2D eigenvalue weighted by Crippen LogP contribution is -2.31. The number of nitriles is 1. The molecule has 3 aromatic rings. The molecule has 3 rings (SSSR count). The van der Waals surface area contributed by atoms with E-state index in [1.54, 1.807) is 30.3 Å². The van der Waals surface area contributed by atoms with Gasteiger partial charge in [0.1, 0.15) is 5.82 Å². The van der Waals surface area contributed by atoms with Gasteiger partial charge in [-0.25, -0.2) is 12.8 Å². The van der Waals surface area contributed by atoms with E-state index in [1.165, 1.54) is 6.07 Å². The molecule has 1 N–H and O–H groups in total. The first-order valence-corrected chi connectivity index (χ1v) is 11.6. The lowest BCUT2D eigenvalue weighted by Gasteiger charge is -2.18. The van der Waals surface area contributed by atoms with Crippen molar-refractivity contribution in [3.8, 4) is 6.07 Å². The van der Waals surface area contributed by atoms with Gasteiger partial charge in [-0.2, -0.15) is 18.4 Å². The van der Waals surface area contributed by atoms with Gasteiger partial charge in [0.25, 0.3) is 0 Å². The molecule has 0 radical (unpaired) electrons. The molecule has 10 heteroatoms. The summed E-state index contributed by atoms with van der Waals surface area (Å²) in [5.41, 5.74) is -1.40. The number of anilines is 1. The Morgan fingerprint density at radius 1 is 1.00 bits per heavy atom. The van der Waals surface area contributed by atoms with E-state index in [9.17, 15) is 30.8 Å². The number of nitrogens with one attached hydrogen (secondary N) is 1. The maximum atomic E-state index is 13.3. The monoisotopic (exact) mass is 490 g/mol. The summed E-state index contributed by atoms with van der Waals surface area (Å²) >= 11 is 0. The van der Waals surface area contributed by atoms with Gasteiger partial charge in [0, 0.05) is 5.69 Å². The maximum Gasteiger partial charge on any atom is 0.417 e. The lowest BCUT2D eigenvalue weighted by molar-refractivity contribution is -0.137. The third kappa shape index (κ3) is 6.20. The summed E-state index contributed by atoms with van der Waals surface area (Å²) in [7, 11) is -4.03. The average Bonchev–Trinajstić information content (AvgIpc) is 2.79. The largest absolute Gasteiger partial charge is 0.417 e. The Balaban J connectivity index is 1.91. The van der Waals surface area contributed by atoms with E-state index in [1.807, 2.05) is 0 Å². The summed E-state index contributed by atoms with van der Waals surface area (Å²) in [5.74, 6) is -3.25. The van der Waals surface area contributed by atoms with Crippen LogP contribution in [-0.4, -0.2) is 20.1 Å². The van der Waals surface area contributed by atoms with Gasteiger partial charge in [0.2, 0.25) is 5.91 Å². The van der Waals surface area contributed by atoms with Crippen LogP contribution in [0, 0.1) is 23.1 Å². The van der Waals surface area contributed by atoms with E-state index < -0.39 is 50.5 Å². The fraction of sp³-hybridized carbons (Fsp3) is 0.167. The topological polar surface area (TPSA) is 87.0 Å². The lowest BCUT2D eigenvalue weighted by atomic mass is 10.00. The molecule has 0 bridgehead atoms. The van der Waals surface area contributed by atoms with Crippen LogP contribution in [0.2, 0.25) is 0 Å². The average molecular weight is 490 g/mol. The van der Waals surface area contributed by atoms with E-state index in [4.69, 9.17) is 5.26 Å². The quantitative estimate of drug-likeness (QED) is 0.374. The van der Waals surface area contributed by atoms with Crippen molar-refractivity contribution >= 4 is 21.4 Å². The van der Waals surface area contributed by atoms with E-state index in [-0.39, 0.29) is 17.0 Å². The van der Waals surface area contributed by atoms with Crippen molar-refractivity contribution in [2.45, 2.75) is 17.5 Å². The van der Waals surface area contributed by atoms with E-state index in [0.29, 0.717) is 11.6 Å². The van der Waals surface area contributed by atoms with Crippen molar-refractivity contribution in [2.24, 2.45) is 5.92 Å². The van der Waals surface area contributed by atoms with Crippen molar-refractivity contribution in [2.75, 3.05) is 11.1 Å². The minimum Gasteiger partial charge on any atom is -0.326 e. The molecule has 1 atom stereocenters. The molecule has 34 heavy (non-hydrogen) atoms. The molecule has 0 aromatic heterocycles. The van der Waals surface area contributed by atoms with E-state index >= 15 is 0 Å². The fourth-order valence-electron chi connectivity index (χ4n) is 3.33. The zero-order chi connectivity index (χ0) is 24.9. The first-order chi connectivity index (χ1) is 16.0. The summed E-state index contributed by atoms with van der Waals surface area (Å²) in [6.07, 6.45) is -4.82. The molecule has 0 fully saturated rings. The number of halogens is 4. The molecule has 0 heterocycles. The highest BCUT2D eigenvalue weighted by Crippen LogP contribution is 2.33. The van der Waals surface area contributed by atoms with Crippen LogP contribution in [0.5, 0.6) is 0 Å². The second-order valence-electron chi connectivity index (χ2n) is 7.48. The van der Waals surface area contributed by atoms with Gasteiger partial charge in [0.05, 0.1) is 33.8 Å². The Hall–Kier alpha value is -3.71. The second kappa shape index (κ2) is 10.1. The molecular weight excluding hydrogens is 472 g/mol. The summed E-state index contributed by atoms with van der Waals surface area (Å²) in [5, 5.41) is 11.3. The Kier molecular flexibility index (Phi) is 7.37. The van der Waals surface area contributed by atoms with Crippen LogP contribution < -0.4 is 5.32 Å². The van der Waals surface area contributed by atoms with Crippen molar-refractivity contribution in [1.82, 2.24) is 0 Å². The third-order valence-corrected chi connectivity index (χ3v) is 6.83.